The highest BCUT2D eigenvalue weighted by atomic mass is 16.5. The van der Waals surface area contributed by atoms with Gasteiger partial charge in [-0.3, -0.25) is 4.79 Å². The van der Waals surface area contributed by atoms with Crippen LogP contribution in [0.25, 0.3) is 0 Å². The Morgan fingerprint density at radius 2 is 2.19 bits per heavy atom. The van der Waals surface area contributed by atoms with Gasteiger partial charge in [0.25, 0.3) is 5.91 Å². The third-order valence-corrected chi connectivity index (χ3v) is 2.60. The molecule has 1 heterocycles. The fourth-order valence-corrected chi connectivity index (χ4v) is 1.77. The van der Waals surface area contributed by atoms with Crippen LogP contribution in [0.5, 0.6) is 5.75 Å². The maximum atomic E-state index is 12.1. The van der Waals surface area contributed by atoms with Crippen LogP contribution in [0, 0.1) is 0 Å². The van der Waals surface area contributed by atoms with Crippen molar-refractivity contribution >= 4 is 5.91 Å². The van der Waals surface area contributed by atoms with E-state index in [4.69, 9.17) is 4.74 Å². The summed E-state index contributed by atoms with van der Waals surface area (Å²) in [6.07, 6.45) is 0.866. The van der Waals surface area contributed by atoms with E-state index < -0.39 is 0 Å². The fraction of sp³-hybridized carbons (Fsp3) is 0.417. The summed E-state index contributed by atoms with van der Waals surface area (Å²) in [7, 11) is 0. The number of hydrogen-bond acceptors (Lipinski definition) is 3. The first-order valence-electron chi connectivity index (χ1n) is 5.43. The van der Waals surface area contributed by atoms with Crippen LogP contribution in [0.2, 0.25) is 0 Å². The molecule has 1 aromatic rings. The fourth-order valence-electron chi connectivity index (χ4n) is 1.77. The number of carbonyl (C=O) groups excluding carboxylic acids is 1. The van der Waals surface area contributed by atoms with Crippen molar-refractivity contribution in [3.8, 4) is 5.75 Å². The molecule has 0 unspecified atom stereocenters. The maximum Gasteiger partial charge on any atom is 0.254 e. The second kappa shape index (κ2) is 4.99. The van der Waals surface area contributed by atoms with Crippen LogP contribution in [0.4, 0.5) is 0 Å². The minimum Gasteiger partial charge on any atom is -0.508 e. The molecule has 1 aromatic carbocycles. The lowest BCUT2D eigenvalue weighted by atomic mass is 10.2. The average Bonchev–Trinajstić information content (AvgIpc) is 2.56. The van der Waals surface area contributed by atoms with E-state index in [9.17, 15) is 9.90 Å². The SMILES string of the molecule is O=C(c1cccc(O)c1)N1CCCOCC1. The summed E-state index contributed by atoms with van der Waals surface area (Å²) in [5, 5.41) is 9.32. The molecule has 0 radical (unpaired) electrons. The molecular formula is C12H15NO3. The lowest BCUT2D eigenvalue weighted by Crippen LogP contribution is -2.33. The van der Waals surface area contributed by atoms with Crippen molar-refractivity contribution in [3.63, 3.8) is 0 Å². The monoisotopic (exact) mass is 221 g/mol. The van der Waals surface area contributed by atoms with Gasteiger partial charge in [0.15, 0.2) is 0 Å². The maximum absolute atomic E-state index is 12.1. The topological polar surface area (TPSA) is 49.8 Å². The van der Waals surface area contributed by atoms with Gasteiger partial charge in [-0.1, -0.05) is 6.07 Å². The summed E-state index contributed by atoms with van der Waals surface area (Å²) < 4.78 is 5.29. The first kappa shape index (κ1) is 11.0. The normalized spacial score (nSPS) is 16.9. The predicted octanol–water partition coefficient (Wildman–Crippen LogP) is 1.25. The third-order valence-electron chi connectivity index (χ3n) is 2.60. The second-order valence-corrected chi connectivity index (χ2v) is 3.81. The van der Waals surface area contributed by atoms with Crippen LogP contribution in [0.1, 0.15) is 16.8 Å². The Balaban J connectivity index is 2.11. The molecule has 2 rings (SSSR count). The van der Waals surface area contributed by atoms with Crippen molar-refractivity contribution in [2.45, 2.75) is 6.42 Å². The smallest absolute Gasteiger partial charge is 0.254 e. The third kappa shape index (κ3) is 2.52. The number of phenolic OH excluding ortho intramolecular Hbond substituents is 1. The molecule has 0 spiro atoms. The van der Waals surface area contributed by atoms with Gasteiger partial charge in [-0.2, -0.15) is 0 Å². The van der Waals surface area contributed by atoms with Crippen LogP contribution in [0.15, 0.2) is 24.3 Å². The zero-order valence-corrected chi connectivity index (χ0v) is 9.06. The van der Waals surface area contributed by atoms with Gasteiger partial charge < -0.3 is 14.7 Å². The van der Waals surface area contributed by atoms with Crippen molar-refractivity contribution in [1.29, 1.82) is 0 Å². The number of benzene rings is 1. The van der Waals surface area contributed by atoms with E-state index in [2.05, 4.69) is 0 Å². The van der Waals surface area contributed by atoms with E-state index in [1.54, 1.807) is 23.1 Å². The van der Waals surface area contributed by atoms with Crippen molar-refractivity contribution in [1.82, 2.24) is 4.90 Å². The summed E-state index contributed by atoms with van der Waals surface area (Å²) >= 11 is 0. The molecule has 1 amide bonds. The van der Waals surface area contributed by atoms with Crippen molar-refractivity contribution < 1.29 is 14.6 Å². The molecule has 0 aliphatic carbocycles. The van der Waals surface area contributed by atoms with Gasteiger partial charge in [-0.15, -0.1) is 0 Å². The van der Waals surface area contributed by atoms with Gasteiger partial charge in [0.1, 0.15) is 5.75 Å². The molecule has 4 heteroatoms. The van der Waals surface area contributed by atoms with E-state index in [-0.39, 0.29) is 11.7 Å². The van der Waals surface area contributed by atoms with Crippen LogP contribution in [0.3, 0.4) is 0 Å². The molecule has 1 saturated heterocycles. The number of phenols is 1. The number of ether oxygens (including phenoxy) is 1. The largest absolute Gasteiger partial charge is 0.508 e. The summed E-state index contributed by atoms with van der Waals surface area (Å²) in [5.74, 6) is 0.0818. The summed E-state index contributed by atoms with van der Waals surface area (Å²) in [5.41, 5.74) is 0.530. The molecule has 1 N–H and O–H groups in total. The van der Waals surface area contributed by atoms with Gasteiger partial charge in [0.05, 0.1) is 6.61 Å². The minimum atomic E-state index is -0.0404. The van der Waals surface area contributed by atoms with E-state index >= 15 is 0 Å². The molecule has 86 valence electrons. The first-order chi connectivity index (χ1) is 7.77. The number of rotatable bonds is 1. The highest BCUT2D eigenvalue weighted by Crippen LogP contribution is 2.13. The summed E-state index contributed by atoms with van der Waals surface area (Å²) in [6, 6.07) is 6.45. The van der Waals surface area contributed by atoms with Crippen LogP contribution < -0.4 is 0 Å². The molecular weight excluding hydrogens is 206 g/mol. The van der Waals surface area contributed by atoms with Crippen LogP contribution in [-0.2, 0) is 4.74 Å². The van der Waals surface area contributed by atoms with Crippen molar-refractivity contribution in [3.05, 3.63) is 29.8 Å². The lowest BCUT2D eigenvalue weighted by molar-refractivity contribution is 0.0741. The van der Waals surface area contributed by atoms with Crippen molar-refractivity contribution in [2.24, 2.45) is 0 Å². The Morgan fingerprint density at radius 3 is 3.00 bits per heavy atom. The minimum absolute atomic E-state index is 0.0404. The van der Waals surface area contributed by atoms with E-state index in [1.165, 1.54) is 6.07 Å². The molecule has 0 aromatic heterocycles. The quantitative estimate of drug-likeness (QED) is 0.776. The molecule has 1 fully saturated rings. The van der Waals surface area contributed by atoms with E-state index in [0.717, 1.165) is 6.42 Å². The number of amides is 1. The Kier molecular flexibility index (Phi) is 3.41. The average molecular weight is 221 g/mol. The number of hydrogen-bond donors (Lipinski definition) is 1. The molecule has 0 atom stereocenters. The predicted molar refractivity (Wildman–Crippen MR) is 59.4 cm³/mol. The number of nitrogens with zero attached hydrogens (tertiary/aromatic N) is 1. The van der Waals surface area contributed by atoms with Gasteiger partial charge >= 0.3 is 0 Å². The van der Waals surface area contributed by atoms with E-state index in [0.29, 0.717) is 31.9 Å². The Hall–Kier alpha value is -1.55. The summed E-state index contributed by atoms with van der Waals surface area (Å²) in [6.45, 7) is 2.64. The van der Waals surface area contributed by atoms with Gasteiger partial charge in [-0.25, -0.2) is 0 Å². The van der Waals surface area contributed by atoms with Gasteiger partial charge in [0, 0.05) is 25.3 Å². The zero-order valence-electron chi connectivity index (χ0n) is 9.06. The molecule has 1 aliphatic heterocycles. The Morgan fingerprint density at radius 1 is 1.31 bits per heavy atom. The van der Waals surface area contributed by atoms with E-state index in [1.807, 2.05) is 0 Å². The van der Waals surface area contributed by atoms with Gasteiger partial charge in [-0.05, 0) is 24.6 Å². The standard InChI is InChI=1S/C12H15NO3/c14-11-4-1-3-10(9-11)12(15)13-5-2-7-16-8-6-13/h1,3-4,9,14H,2,5-8H2. The lowest BCUT2D eigenvalue weighted by Gasteiger charge is -2.19. The highest BCUT2D eigenvalue weighted by Gasteiger charge is 2.17. The number of aromatic hydroxyl groups is 1. The zero-order chi connectivity index (χ0) is 11.4. The molecule has 0 saturated carbocycles. The van der Waals surface area contributed by atoms with Gasteiger partial charge in [0.2, 0.25) is 0 Å². The molecule has 4 nitrogen and oxygen atoms in total. The highest BCUT2D eigenvalue weighted by molar-refractivity contribution is 5.94. The number of carbonyl (C=O) groups is 1. The second-order valence-electron chi connectivity index (χ2n) is 3.81. The van der Waals surface area contributed by atoms with Crippen LogP contribution in [-0.4, -0.2) is 42.2 Å². The molecule has 0 bridgehead atoms. The van der Waals surface area contributed by atoms with Crippen LogP contribution >= 0.6 is 0 Å². The molecule has 1 aliphatic rings. The van der Waals surface area contributed by atoms with Crippen molar-refractivity contribution in [2.75, 3.05) is 26.3 Å². The summed E-state index contributed by atoms with van der Waals surface area (Å²) in [4.78, 5) is 13.8. The molecule has 16 heavy (non-hydrogen) atoms. The Labute approximate surface area is 94.4 Å². The first-order valence-corrected chi connectivity index (χ1v) is 5.43. The Bertz CT molecular complexity index is 370.